The van der Waals surface area contributed by atoms with Crippen molar-refractivity contribution in [1.29, 1.82) is 0 Å². The van der Waals surface area contributed by atoms with Gasteiger partial charge in [-0.2, -0.15) is 0 Å². The topological polar surface area (TPSA) is 14.2 Å². The van der Waals surface area contributed by atoms with E-state index >= 15 is 0 Å². The minimum Gasteiger partial charge on any atom is -0.457 e. The summed E-state index contributed by atoms with van der Waals surface area (Å²) in [5.41, 5.74) is 8.30. The van der Waals surface area contributed by atoms with Crippen molar-refractivity contribution in [3.05, 3.63) is 123 Å². The summed E-state index contributed by atoms with van der Waals surface area (Å²) in [5, 5.41) is 2.51. The maximum absolute atomic E-state index is 6.33. The smallest absolute Gasteiger partial charge is 0.131 e. The van der Waals surface area contributed by atoms with Crippen LogP contribution >= 0.6 is 31.9 Å². The molecule has 4 heteroatoms. The Kier molecular flexibility index (Phi) is 4.86. The normalized spacial score (nSPS) is 12.4. The largest absolute Gasteiger partial charge is 0.457 e. The minimum atomic E-state index is 0.818. The van der Waals surface area contributed by atoms with Gasteiger partial charge in [0.25, 0.3) is 0 Å². The maximum atomic E-state index is 6.33. The zero-order valence-corrected chi connectivity index (χ0v) is 21.8. The summed E-state index contributed by atoms with van der Waals surface area (Å²) >= 11 is 7.47. The number of aromatic nitrogens is 1. The van der Waals surface area contributed by atoms with Crippen LogP contribution in [0, 0.1) is 0 Å². The summed E-state index contributed by atoms with van der Waals surface area (Å²) in [7, 11) is 0. The highest BCUT2D eigenvalue weighted by Gasteiger charge is 2.23. The van der Waals surface area contributed by atoms with Crippen LogP contribution in [0.4, 0.5) is 0 Å². The highest BCUT2D eigenvalue weighted by atomic mass is 79.9. The molecular formula is C31H19Br2NO. The van der Waals surface area contributed by atoms with Gasteiger partial charge in [-0.05, 0) is 60.2 Å². The Balaban J connectivity index is 1.48. The maximum Gasteiger partial charge on any atom is 0.131 e. The van der Waals surface area contributed by atoms with Gasteiger partial charge in [0, 0.05) is 48.5 Å². The van der Waals surface area contributed by atoms with Crippen molar-refractivity contribution in [3.8, 4) is 28.3 Å². The first-order valence-electron chi connectivity index (χ1n) is 11.5. The van der Waals surface area contributed by atoms with E-state index in [4.69, 9.17) is 4.74 Å². The van der Waals surface area contributed by atoms with E-state index in [2.05, 4.69) is 127 Å². The molecule has 2 nitrogen and oxygen atoms in total. The third-order valence-electron chi connectivity index (χ3n) is 6.81. The zero-order chi connectivity index (χ0) is 23.5. The number of hydrogen-bond donors (Lipinski definition) is 0. The number of ether oxygens (including phenoxy) is 1. The fraction of sp³-hybridized carbons (Fsp3) is 0.0323. The molecule has 0 aliphatic carbocycles. The molecule has 1 aliphatic heterocycles. The Morgan fingerprint density at radius 2 is 1.43 bits per heavy atom. The standard InChI is InChI=1S/C31H19Br2NO/c32-21-11-14-29-20(16-21)17-25-30(35-29)15-13-26(33)31(25)19-10-12-24-23-8-4-5-9-27(23)34(28(24)18-19)22-6-2-1-3-7-22/h1-16,18H,17H2. The molecule has 168 valence electrons. The molecule has 0 saturated carbocycles. The Morgan fingerprint density at radius 1 is 0.657 bits per heavy atom. The molecule has 0 fully saturated rings. The zero-order valence-electron chi connectivity index (χ0n) is 18.6. The van der Waals surface area contributed by atoms with Gasteiger partial charge in [0.05, 0.1) is 11.0 Å². The summed E-state index contributed by atoms with van der Waals surface area (Å²) < 4.78 is 10.8. The van der Waals surface area contributed by atoms with Crippen LogP contribution in [-0.2, 0) is 6.42 Å². The lowest BCUT2D eigenvalue weighted by atomic mass is 9.91. The van der Waals surface area contributed by atoms with Crippen molar-refractivity contribution in [1.82, 2.24) is 4.57 Å². The number of hydrogen-bond acceptors (Lipinski definition) is 1. The van der Waals surface area contributed by atoms with Crippen LogP contribution in [0.2, 0.25) is 0 Å². The van der Waals surface area contributed by atoms with Crippen LogP contribution in [0.25, 0.3) is 38.6 Å². The first-order valence-corrected chi connectivity index (χ1v) is 13.1. The van der Waals surface area contributed by atoms with Crippen molar-refractivity contribution in [2.24, 2.45) is 0 Å². The number of para-hydroxylation sites is 2. The van der Waals surface area contributed by atoms with E-state index in [1.165, 1.54) is 44.1 Å². The fourth-order valence-electron chi connectivity index (χ4n) is 5.26. The number of nitrogens with zero attached hydrogens (tertiary/aromatic N) is 1. The van der Waals surface area contributed by atoms with Gasteiger partial charge in [0.2, 0.25) is 0 Å². The van der Waals surface area contributed by atoms with E-state index in [1.54, 1.807) is 0 Å². The summed E-state index contributed by atoms with van der Waals surface area (Å²) in [4.78, 5) is 0. The predicted octanol–water partition coefficient (Wildman–Crippen LogP) is 9.67. The van der Waals surface area contributed by atoms with E-state index in [0.29, 0.717) is 0 Å². The Hall–Kier alpha value is -3.34. The predicted molar refractivity (Wildman–Crippen MR) is 151 cm³/mol. The molecule has 0 unspecified atom stereocenters. The molecule has 2 heterocycles. The monoisotopic (exact) mass is 579 g/mol. The molecule has 0 radical (unpaired) electrons. The summed E-state index contributed by atoms with van der Waals surface area (Å²) in [6, 6.07) is 36.4. The number of fused-ring (bicyclic) bond motifs is 5. The molecular weight excluding hydrogens is 562 g/mol. The number of rotatable bonds is 2. The van der Waals surface area contributed by atoms with Gasteiger partial charge in [-0.1, -0.05) is 80.4 Å². The van der Waals surface area contributed by atoms with E-state index in [9.17, 15) is 0 Å². The van der Waals surface area contributed by atoms with Gasteiger partial charge in [0.1, 0.15) is 11.5 Å². The van der Waals surface area contributed by atoms with Crippen LogP contribution in [-0.4, -0.2) is 4.57 Å². The second-order valence-electron chi connectivity index (χ2n) is 8.85. The van der Waals surface area contributed by atoms with Crippen LogP contribution in [0.1, 0.15) is 11.1 Å². The van der Waals surface area contributed by atoms with Crippen molar-refractivity contribution in [2.45, 2.75) is 6.42 Å². The van der Waals surface area contributed by atoms with Gasteiger partial charge in [-0.25, -0.2) is 0 Å². The molecule has 6 aromatic rings. The SMILES string of the molecule is Brc1ccc2c(c1)Cc1c(ccc(Br)c1-c1ccc3c4ccccc4n(-c4ccccc4)c3c1)O2. The van der Waals surface area contributed by atoms with Gasteiger partial charge in [-0.15, -0.1) is 0 Å². The van der Waals surface area contributed by atoms with Crippen molar-refractivity contribution >= 4 is 53.7 Å². The van der Waals surface area contributed by atoms with Crippen LogP contribution in [0.5, 0.6) is 11.5 Å². The second-order valence-corrected chi connectivity index (χ2v) is 10.6. The molecule has 0 amide bonds. The lowest BCUT2D eigenvalue weighted by Crippen LogP contribution is -2.05. The Bertz CT molecular complexity index is 1770. The lowest BCUT2D eigenvalue weighted by molar-refractivity contribution is 0.460. The second kappa shape index (κ2) is 8.11. The molecule has 0 bridgehead atoms. The molecule has 0 saturated heterocycles. The lowest BCUT2D eigenvalue weighted by Gasteiger charge is -2.24. The van der Waals surface area contributed by atoms with Crippen LogP contribution in [0.15, 0.2) is 112 Å². The van der Waals surface area contributed by atoms with Gasteiger partial charge >= 0.3 is 0 Å². The molecule has 7 rings (SSSR count). The molecule has 0 spiro atoms. The van der Waals surface area contributed by atoms with Gasteiger partial charge < -0.3 is 9.30 Å². The summed E-state index contributed by atoms with van der Waals surface area (Å²) in [6.45, 7) is 0. The molecule has 0 N–H and O–H groups in total. The number of halogens is 2. The van der Waals surface area contributed by atoms with Crippen molar-refractivity contribution < 1.29 is 4.74 Å². The molecule has 1 aromatic heterocycles. The van der Waals surface area contributed by atoms with E-state index in [-0.39, 0.29) is 0 Å². The first-order chi connectivity index (χ1) is 17.2. The Labute approximate surface area is 220 Å². The summed E-state index contributed by atoms with van der Waals surface area (Å²) in [5.74, 6) is 1.84. The third-order valence-corrected chi connectivity index (χ3v) is 7.96. The average molecular weight is 581 g/mol. The Morgan fingerprint density at radius 3 is 2.31 bits per heavy atom. The molecule has 5 aromatic carbocycles. The van der Waals surface area contributed by atoms with Gasteiger partial charge in [-0.3, -0.25) is 0 Å². The van der Waals surface area contributed by atoms with Gasteiger partial charge in [0.15, 0.2) is 0 Å². The van der Waals surface area contributed by atoms with Crippen molar-refractivity contribution in [2.75, 3.05) is 0 Å². The molecule has 35 heavy (non-hydrogen) atoms. The minimum absolute atomic E-state index is 0.818. The quantitative estimate of drug-likeness (QED) is 0.198. The van der Waals surface area contributed by atoms with Crippen molar-refractivity contribution in [3.63, 3.8) is 0 Å². The van der Waals surface area contributed by atoms with Crippen LogP contribution < -0.4 is 4.74 Å². The molecule has 0 atom stereocenters. The fourth-order valence-corrected chi connectivity index (χ4v) is 6.27. The highest BCUT2D eigenvalue weighted by molar-refractivity contribution is 9.10. The highest BCUT2D eigenvalue weighted by Crippen LogP contribution is 2.46. The molecule has 1 aliphatic rings. The third kappa shape index (κ3) is 3.35. The average Bonchev–Trinajstić information content (AvgIpc) is 3.21. The van der Waals surface area contributed by atoms with E-state index < -0.39 is 0 Å². The first kappa shape index (κ1) is 21.0. The van der Waals surface area contributed by atoms with E-state index in [1.807, 2.05) is 12.1 Å². The number of benzene rings is 5. The summed E-state index contributed by atoms with van der Waals surface area (Å²) in [6.07, 6.45) is 0.818. The van der Waals surface area contributed by atoms with Crippen LogP contribution in [0.3, 0.4) is 0 Å². The van der Waals surface area contributed by atoms with E-state index in [0.717, 1.165) is 32.6 Å².